The van der Waals surface area contributed by atoms with Crippen molar-refractivity contribution in [2.24, 2.45) is 0 Å². The number of rotatable bonds is 5. The molecule has 0 atom stereocenters. The van der Waals surface area contributed by atoms with Gasteiger partial charge in [0.1, 0.15) is 0 Å². The summed E-state index contributed by atoms with van der Waals surface area (Å²) in [6.07, 6.45) is 0.800. The zero-order valence-corrected chi connectivity index (χ0v) is 10.8. The Labute approximate surface area is 106 Å². The van der Waals surface area contributed by atoms with E-state index in [0.717, 1.165) is 6.42 Å². The first-order chi connectivity index (χ1) is 8.04. The molecule has 0 aliphatic carbocycles. The van der Waals surface area contributed by atoms with Gasteiger partial charge in [-0.2, -0.15) is 0 Å². The number of ether oxygens (including phenoxy) is 1. The summed E-state index contributed by atoms with van der Waals surface area (Å²) in [6, 6.07) is 4.86. The quantitative estimate of drug-likeness (QED) is 0.648. The predicted molar refractivity (Wildman–Crippen MR) is 69.3 cm³/mol. The fraction of sp³-hybridized carbons (Fsp3) is 0.417. The number of hydrogen-bond donors (Lipinski definition) is 1. The zero-order valence-electron chi connectivity index (χ0n) is 10.1. The van der Waals surface area contributed by atoms with Crippen molar-refractivity contribution < 1.29 is 9.53 Å². The number of nitrogen functional groups attached to an aromatic ring is 1. The van der Waals surface area contributed by atoms with Crippen molar-refractivity contribution in [2.75, 3.05) is 33.0 Å². The molecule has 0 saturated heterocycles. The summed E-state index contributed by atoms with van der Waals surface area (Å²) in [4.78, 5) is 13.6. The van der Waals surface area contributed by atoms with Gasteiger partial charge in [0.05, 0.1) is 0 Å². The molecule has 1 amide bonds. The number of carbonyl (C=O) groups is 1. The minimum Gasteiger partial charge on any atom is -0.399 e. The maximum atomic E-state index is 12.0. The molecule has 1 rings (SSSR count). The molecule has 0 radical (unpaired) electrons. The van der Waals surface area contributed by atoms with Gasteiger partial charge in [-0.1, -0.05) is 11.6 Å². The van der Waals surface area contributed by atoms with Crippen LogP contribution in [0.1, 0.15) is 16.8 Å². The Hall–Kier alpha value is -1.26. The van der Waals surface area contributed by atoms with Crippen LogP contribution >= 0.6 is 11.6 Å². The van der Waals surface area contributed by atoms with Gasteiger partial charge in [0.15, 0.2) is 0 Å². The molecule has 0 fully saturated rings. The van der Waals surface area contributed by atoms with Gasteiger partial charge in [-0.15, -0.1) is 0 Å². The van der Waals surface area contributed by atoms with Crippen molar-refractivity contribution in [2.45, 2.75) is 6.42 Å². The van der Waals surface area contributed by atoms with E-state index < -0.39 is 0 Å². The van der Waals surface area contributed by atoms with Gasteiger partial charge >= 0.3 is 0 Å². The summed E-state index contributed by atoms with van der Waals surface area (Å²) < 4.78 is 4.94. The normalized spacial score (nSPS) is 10.3. The first kappa shape index (κ1) is 13.8. The summed E-state index contributed by atoms with van der Waals surface area (Å²) in [5, 5.41) is 0.471. The van der Waals surface area contributed by atoms with Gasteiger partial charge in [-0.25, -0.2) is 0 Å². The van der Waals surface area contributed by atoms with Crippen LogP contribution in [0.3, 0.4) is 0 Å². The lowest BCUT2D eigenvalue weighted by Crippen LogP contribution is -2.28. The molecule has 0 heterocycles. The lowest BCUT2D eigenvalue weighted by molar-refractivity contribution is 0.0779. The van der Waals surface area contributed by atoms with E-state index in [1.54, 1.807) is 37.3 Å². The molecule has 0 bridgehead atoms. The molecule has 94 valence electrons. The van der Waals surface area contributed by atoms with Crippen molar-refractivity contribution in [3.05, 3.63) is 28.8 Å². The predicted octanol–water partition coefficient (Wildman–Crippen LogP) is 2.03. The highest BCUT2D eigenvalue weighted by atomic mass is 35.5. The number of anilines is 1. The summed E-state index contributed by atoms with van der Waals surface area (Å²) in [5.74, 6) is -0.0877. The molecule has 17 heavy (non-hydrogen) atoms. The van der Waals surface area contributed by atoms with Crippen LogP contribution < -0.4 is 5.73 Å². The second kappa shape index (κ2) is 6.47. The average Bonchev–Trinajstić information content (AvgIpc) is 2.27. The van der Waals surface area contributed by atoms with E-state index in [0.29, 0.717) is 29.4 Å². The van der Waals surface area contributed by atoms with E-state index in [-0.39, 0.29) is 5.91 Å². The van der Waals surface area contributed by atoms with E-state index in [1.165, 1.54) is 0 Å². The van der Waals surface area contributed by atoms with Crippen LogP contribution in [-0.2, 0) is 4.74 Å². The van der Waals surface area contributed by atoms with Crippen LogP contribution in [0.4, 0.5) is 5.69 Å². The van der Waals surface area contributed by atoms with Gasteiger partial charge in [0.25, 0.3) is 5.91 Å². The molecule has 4 nitrogen and oxygen atoms in total. The summed E-state index contributed by atoms with van der Waals surface area (Å²) in [7, 11) is 3.38. The number of methoxy groups -OCH3 is 1. The SMILES string of the molecule is COCCCN(C)C(=O)c1cc(N)cc(Cl)c1. The first-order valence-corrected chi connectivity index (χ1v) is 5.73. The molecule has 1 aromatic rings. The number of nitrogens with two attached hydrogens (primary N) is 1. The molecule has 0 saturated carbocycles. The second-order valence-corrected chi connectivity index (χ2v) is 4.28. The molecule has 1 aromatic carbocycles. The number of carbonyl (C=O) groups excluding carboxylic acids is 1. The average molecular weight is 257 g/mol. The van der Waals surface area contributed by atoms with E-state index in [2.05, 4.69) is 0 Å². The van der Waals surface area contributed by atoms with Crippen molar-refractivity contribution >= 4 is 23.2 Å². The molecule has 2 N–H and O–H groups in total. The highest BCUT2D eigenvalue weighted by Gasteiger charge is 2.12. The highest BCUT2D eigenvalue weighted by molar-refractivity contribution is 6.31. The van der Waals surface area contributed by atoms with E-state index in [9.17, 15) is 4.79 Å². The van der Waals surface area contributed by atoms with Crippen molar-refractivity contribution in [1.82, 2.24) is 4.90 Å². The molecule has 0 unspecified atom stereocenters. The minimum absolute atomic E-state index is 0.0877. The largest absolute Gasteiger partial charge is 0.399 e. The number of halogens is 1. The lowest BCUT2D eigenvalue weighted by atomic mass is 10.2. The molecule has 0 aliphatic rings. The third-order valence-electron chi connectivity index (χ3n) is 2.36. The van der Waals surface area contributed by atoms with Crippen LogP contribution in [-0.4, -0.2) is 38.1 Å². The van der Waals surface area contributed by atoms with E-state index in [1.807, 2.05) is 0 Å². The van der Waals surface area contributed by atoms with Gasteiger partial charge in [0, 0.05) is 43.6 Å². The number of hydrogen-bond acceptors (Lipinski definition) is 3. The number of amides is 1. The summed E-state index contributed by atoms with van der Waals surface area (Å²) >= 11 is 5.85. The molecule has 0 aliphatic heterocycles. The topological polar surface area (TPSA) is 55.6 Å². The molecule has 0 aromatic heterocycles. The van der Waals surface area contributed by atoms with Crippen molar-refractivity contribution in [1.29, 1.82) is 0 Å². The van der Waals surface area contributed by atoms with E-state index in [4.69, 9.17) is 22.1 Å². The third kappa shape index (κ3) is 4.24. The number of benzene rings is 1. The zero-order chi connectivity index (χ0) is 12.8. The Morgan fingerprint density at radius 1 is 1.47 bits per heavy atom. The van der Waals surface area contributed by atoms with Crippen molar-refractivity contribution in [3.8, 4) is 0 Å². The van der Waals surface area contributed by atoms with Crippen molar-refractivity contribution in [3.63, 3.8) is 0 Å². The second-order valence-electron chi connectivity index (χ2n) is 3.85. The maximum Gasteiger partial charge on any atom is 0.253 e. The fourth-order valence-electron chi connectivity index (χ4n) is 1.50. The van der Waals surface area contributed by atoms with Crippen LogP contribution in [0.5, 0.6) is 0 Å². The molecular formula is C12H17ClN2O2. The smallest absolute Gasteiger partial charge is 0.253 e. The van der Waals surface area contributed by atoms with Gasteiger partial charge in [0.2, 0.25) is 0 Å². The van der Waals surface area contributed by atoms with Gasteiger partial charge < -0.3 is 15.4 Å². The molecule has 5 heteroatoms. The van der Waals surface area contributed by atoms with Crippen LogP contribution in [0.2, 0.25) is 5.02 Å². The Morgan fingerprint density at radius 3 is 2.76 bits per heavy atom. The van der Waals surface area contributed by atoms with Crippen LogP contribution in [0.15, 0.2) is 18.2 Å². The first-order valence-electron chi connectivity index (χ1n) is 5.35. The Bertz CT molecular complexity index is 376. The molecular weight excluding hydrogens is 240 g/mol. The molecule has 0 spiro atoms. The van der Waals surface area contributed by atoms with Crippen LogP contribution in [0.25, 0.3) is 0 Å². The standard InChI is InChI=1S/C12H17ClN2O2/c1-15(4-3-5-17-2)12(16)9-6-10(13)8-11(14)7-9/h6-8H,3-5,14H2,1-2H3. The monoisotopic (exact) mass is 256 g/mol. The fourth-order valence-corrected chi connectivity index (χ4v) is 1.75. The lowest BCUT2D eigenvalue weighted by Gasteiger charge is -2.17. The van der Waals surface area contributed by atoms with Crippen LogP contribution in [0, 0.1) is 0 Å². The minimum atomic E-state index is -0.0877. The number of nitrogens with zero attached hydrogens (tertiary/aromatic N) is 1. The van der Waals surface area contributed by atoms with Gasteiger partial charge in [-0.05, 0) is 24.6 Å². The Morgan fingerprint density at radius 2 is 2.18 bits per heavy atom. The third-order valence-corrected chi connectivity index (χ3v) is 2.57. The summed E-state index contributed by atoms with van der Waals surface area (Å²) in [5.41, 5.74) is 6.64. The highest BCUT2D eigenvalue weighted by Crippen LogP contribution is 2.17. The Balaban J connectivity index is 2.68. The maximum absolute atomic E-state index is 12.0. The van der Waals surface area contributed by atoms with Gasteiger partial charge in [-0.3, -0.25) is 4.79 Å². The van der Waals surface area contributed by atoms with E-state index >= 15 is 0 Å². The Kier molecular flexibility index (Phi) is 5.25. The summed E-state index contributed by atoms with van der Waals surface area (Å²) in [6.45, 7) is 1.27.